The predicted octanol–water partition coefficient (Wildman–Crippen LogP) is 6.22. The molecule has 2 saturated carbocycles. The molecule has 0 aromatic heterocycles. The number of carbonyl (C=O) groups is 1. The van der Waals surface area contributed by atoms with Gasteiger partial charge in [-0.05, 0) is 130 Å². The number of nitrogens with zero attached hydrogens (tertiary/aromatic N) is 1. The van der Waals surface area contributed by atoms with Crippen LogP contribution in [0.4, 0.5) is 8.78 Å². The van der Waals surface area contributed by atoms with Gasteiger partial charge in [0.1, 0.15) is 11.6 Å². The molecule has 1 aliphatic heterocycles. The highest BCUT2D eigenvalue weighted by Gasteiger charge is 2.37. The summed E-state index contributed by atoms with van der Waals surface area (Å²) in [7, 11) is -3.44. The molecule has 2 aliphatic carbocycles. The van der Waals surface area contributed by atoms with Crippen molar-refractivity contribution in [1.29, 1.82) is 0 Å². The third kappa shape index (κ3) is 7.14. The first kappa shape index (κ1) is 28.0. The lowest BCUT2D eigenvalue weighted by atomic mass is 9.87. The standard InChI is InChI=1S/C31H37F2NO4S/c32-26-6-8-28(9-7-26)39(37,38)15-12-21-10-13-34(14-11-21)20-25-17-24(30(31(35)36)16-22-4-5-22)19-29(25)23-2-1-3-27(33)18-23/h1-3,6-9,18,21-22,25,29H,4-5,10-17,19-20H2,(H,35,36)/b30-24-. The van der Waals surface area contributed by atoms with Crippen molar-refractivity contribution in [3.8, 4) is 0 Å². The van der Waals surface area contributed by atoms with Crippen LogP contribution in [0.3, 0.4) is 0 Å². The topological polar surface area (TPSA) is 74.7 Å². The minimum Gasteiger partial charge on any atom is -0.478 e. The highest BCUT2D eigenvalue weighted by molar-refractivity contribution is 7.91. The molecule has 5 nitrogen and oxygen atoms in total. The second-order valence-electron chi connectivity index (χ2n) is 11.7. The molecule has 2 aromatic carbocycles. The lowest BCUT2D eigenvalue weighted by Gasteiger charge is -2.35. The van der Waals surface area contributed by atoms with Crippen LogP contribution < -0.4 is 0 Å². The number of aliphatic carboxylic acids is 1. The first-order valence-electron chi connectivity index (χ1n) is 14.1. The normalized spacial score (nSPS) is 24.2. The fourth-order valence-corrected chi connectivity index (χ4v) is 7.83. The molecule has 1 saturated heterocycles. The molecule has 5 rings (SSSR count). The molecule has 210 valence electrons. The molecular formula is C31H37F2NO4S. The van der Waals surface area contributed by atoms with Crippen LogP contribution in [0, 0.1) is 29.4 Å². The van der Waals surface area contributed by atoms with Crippen LogP contribution >= 0.6 is 0 Å². The van der Waals surface area contributed by atoms with Gasteiger partial charge in [0.15, 0.2) is 9.84 Å². The summed E-state index contributed by atoms with van der Waals surface area (Å²) >= 11 is 0. The maximum atomic E-state index is 14.1. The Morgan fingerprint density at radius 3 is 2.28 bits per heavy atom. The third-order valence-electron chi connectivity index (χ3n) is 8.86. The van der Waals surface area contributed by atoms with E-state index in [-0.39, 0.29) is 28.3 Å². The van der Waals surface area contributed by atoms with E-state index in [0.29, 0.717) is 36.7 Å². The number of carboxylic acid groups (broad SMARTS) is 1. The van der Waals surface area contributed by atoms with E-state index in [0.717, 1.165) is 62.9 Å². The molecule has 2 aromatic rings. The lowest BCUT2D eigenvalue weighted by Crippen LogP contribution is -2.38. The Kier molecular flexibility index (Phi) is 8.52. The number of allylic oxidation sites excluding steroid dienone is 1. The molecule has 3 aliphatic rings. The number of likely N-dealkylation sites (tertiary alicyclic amines) is 1. The smallest absolute Gasteiger partial charge is 0.331 e. The molecule has 0 spiro atoms. The average molecular weight is 558 g/mol. The molecule has 0 amide bonds. The number of rotatable bonds is 10. The van der Waals surface area contributed by atoms with E-state index in [9.17, 15) is 27.1 Å². The Bertz CT molecular complexity index is 1310. The molecule has 1 N–H and O–H groups in total. The van der Waals surface area contributed by atoms with Crippen molar-refractivity contribution in [3.63, 3.8) is 0 Å². The van der Waals surface area contributed by atoms with Gasteiger partial charge >= 0.3 is 5.97 Å². The molecular weight excluding hydrogens is 520 g/mol. The van der Waals surface area contributed by atoms with Gasteiger partial charge in [0.05, 0.1) is 10.6 Å². The van der Waals surface area contributed by atoms with E-state index in [4.69, 9.17) is 0 Å². The summed E-state index contributed by atoms with van der Waals surface area (Å²) in [4.78, 5) is 14.7. The van der Waals surface area contributed by atoms with E-state index >= 15 is 0 Å². The number of halogens is 2. The monoisotopic (exact) mass is 557 g/mol. The van der Waals surface area contributed by atoms with Gasteiger partial charge in [-0.2, -0.15) is 0 Å². The highest BCUT2D eigenvalue weighted by atomic mass is 32.2. The first-order valence-corrected chi connectivity index (χ1v) is 15.7. The minimum atomic E-state index is -3.44. The Morgan fingerprint density at radius 2 is 1.64 bits per heavy atom. The number of piperidine rings is 1. The maximum Gasteiger partial charge on any atom is 0.331 e. The fraction of sp³-hybridized carbons (Fsp3) is 0.516. The van der Waals surface area contributed by atoms with Crippen LogP contribution in [-0.2, 0) is 14.6 Å². The van der Waals surface area contributed by atoms with Gasteiger partial charge in [-0.3, -0.25) is 0 Å². The van der Waals surface area contributed by atoms with Crippen LogP contribution in [0.1, 0.15) is 62.8 Å². The molecule has 39 heavy (non-hydrogen) atoms. The van der Waals surface area contributed by atoms with Crippen molar-refractivity contribution in [2.45, 2.75) is 62.2 Å². The van der Waals surface area contributed by atoms with Gasteiger partial charge in [0, 0.05) is 12.1 Å². The van der Waals surface area contributed by atoms with E-state index in [1.165, 1.54) is 30.3 Å². The zero-order valence-corrected chi connectivity index (χ0v) is 23.0. The predicted molar refractivity (Wildman–Crippen MR) is 146 cm³/mol. The van der Waals surface area contributed by atoms with E-state index in [1.807, 2.05) is 6.07 Å². The van der Waals surface area contributed by atoms with Gasteiger partial charge in [-0.1, -0.05) is 17.7 Å². The van der Waals surface area contributed by atoms with Crippen molar-refractivity contribution in [1.82, 2.24) is 4.90 Å². The summed E-state index contributed by atoms with van der Waals surface area (Å²) in [6.45, 7) is 2.54. The zero-order chi connectivity index (χ0) is 27.6. The average Bonchev–Trinajstić information content (AvgIpc) is 3.65. The quantitative estimate of drug-likeness (QED) is 0.278. The van der Waals surface area contributed by atoms with Crippen molar-refractivity contribution in [3.05, 3.63) is 76.9 Å². The number of sulfone groups is 1. The summed E-state index contributed by atoms with van der Waals surface area (Å²) < 4.78 is 52.6. The molecule has 0 radical (unpaired) electrons. The Balaban J connectivity index is 1.21. The van der Waals surface area contributed by atoms with Crippen LogP contribution in [-0.4, -0.2) is 49.8 Å². The fourth-order valence-electron chi connectivity index (χ4n) is 6.40. The van der Waals surface area contributed by atoms with Gasteiger partial charge in [-0.15, -0.1) is 0 Å². The molecule has 1 heterocycles. The van der Waals surface area contributed by atoms with Crippen LogP contribution in [0.15, 0.2) is 64.6 Å². The SMILES string of the molecule is O=C(O)/C(CC1CC1)=C1/CC(CN2CCC(CCS(=O)(=O)c3ccc(F)cc3)CC2)C(c2cccc(F)c2)C1. The number of carboxylic acids is 1. The molecule has 0 bridgehead atoms. The van der Waals surface area contributed by atoms with Crippen molar-refractivity contribution in [2.24, 2.45) is 17.8 Å². The molecule has 8 heteroatoms. The summed E-state index contributed by atoms with van der Waals surface area (Å²) in [5.74, 6) is -0.376. The zero-order valence-electron chi connectivity index (χ0n) is 22.2. The highest BCUT2D eigenvalue weighted by Crippen LogP contribution is 2.47. The third-order valence-corrected chi connectivity index (χ3v) is 10.6. The second-order valence-corrected chi connectivity index (χ2v) is 13.8. The Hall–Kier alpha value is -2.58. The van der Waals surface area contributed by atoms with Gasteiger partial charge in [0.2, 0.25) is 0 Å². The molecule has 2 unspecified atom stereocenters. The Morgan fingerprint density at radius 1 is 0.923 bits per heavy atom. The van der Waals surface area contributed by atoms with Gasteiger partial charge in [-0.25, -0.2) is 22.0 Å². The van der Waals surface area contributed by atoms with Crippen LogP contribution in [0.2, 0.25) is 0 Å². The summed E-state index contributed by atoms with van der Waals surface area (Å²) in [6, 6.07) is 11.7. The van der Waals surface area contributed by atoms with Gasteiger partial charge < -0.3 is 10.0 Å². The van der Waals surface area contributed by atoms with E-state index in [1.54, 1.807) is 12.1 Å². The van der Waals surface area contributed by atoms with E-state index in [2.05, 4.69) is 4.90 Å². The van der Waals surface area contributed by atoms with Crippen molar-refractivity contribution in [2.75, 3.05) is 25.4 Å². The lowest BCUT2D eigenvalue weighted by molar-refractivity contribution is -0.132. The second kappa shape index (κ2) is 11.9. The largest absolute Gasteiger partial charge is 0.478 e. The van der Waals surface area contributed by atoms with E-state index < -0.39 is 21.6 Å². The van der Waals surface area contributed by atoms with Gasteiger partial charge in [0.25, 0.3) is 0 Å². The van der Waals surface area contributed by atoms with Crippen molar-refractivity contribution >= 4 is 15.8 Å². The summed E-state index contributed by atoms with van der Waals surface area (Å²) in [5.41, 5.74) is 2.53. The van der Waals surface area contributed by atoms with Crippen molar-refractivity contribution < 1.29 is 27.1 Å². The van der Waals surface area contributed by atoms with Crippen LogP contribution in [0.25, 0.3) is 0 Å². The summed E-state index contributed by atoms with van der Waals surface area (Å²) in [5, 5.41) is 9.95. The molecule has 2 atom stereocenters. The number of benzene rings is 2. The molecule has 3 fully saturated rings. The number of hydrogen-bond acceptors (Lipinski definition) is 4. The van der Waals surface area contributed by atoms with Crippen LogP contribution in [0.5, 0.6) is 0 Å². The first-order chi connectivity index (χ1) is 18.7. The Labute approximate surface area is 229 Å². The minimum absolute atomic E-state index is 0.0562. The number of hydrogen-bond donors (Lipinski definition) is 1. The summed E-state index contributed by atoms with van der Waals surface area (Å²) in [6.07, 6.45) is 6.62. The maximum absolute atomic E-state index is 14.1.